The van der Waals surface area contributed by atoms with E-state index >= 15 is 0 Å². The van der Waals surface area contributed by atoms with E-state index in [0.29, 0.717) is 12.5 Å². The molecule has 4 N–H and O–H groups in total. The Morgan fingerprint density at radius 2 is 1.92 bits per heavy atom. The summed E-state index contributed by atoms with van der Waals surface area (Å²) >= 11 is 0. The molecule has 1 fully saturated rings. The summed E-state index contributed by atoms with van der Waals surface area (Å²) in [5, 5.41) is 15.0. The number of hydrogen-bond acceptors (Lipinski definition) is 4. The molecule has 0 saturated carbocycles. The Hall–Kier alpha value is -2.28. The van der Waals surface area contributed by atoms with Crippen LogP contribution in [-0.2, 0) is 4.79 Å². The van der Waals surface area contributed by atoms with E-state index < -0.39 is 6.03 Å². The standard InChI is InChI=1S/C18H28N4O3/c1-14(2)7-8-19-18(25)20-17(24)13-21-9-11-22(12-10-21)15-5-3-4-6-16(15)23/h3-6,14,23H,7-13H2,1-2H3,(H2,19,20,24,25)/p+1. The lowest BCUT2D eigenvalue weighted by Crippen LogP contribution is -3.16. The zero-order chi connectivity index (χ0) is 18.2. The maximum absolute atomic E-state index is 12.0. The van der Waals surface area contributed by atoms with Crippen molar-refractivity contribution >= 4 is 17.6 Å². The number of imide groups is 1. The molecule has 2 rings (SSSR count). The number of piperazine rings is 1. The van der Waals surface area contributed by atoms with Crippen LogP contribution in [0.5, 0.6) is 5.75 Å². The summed E-state index contributed by atoms with van der Waals surface area (Å²) in [5.41, 5.74) is 0.829. The van der Waals surface area contributed by atoms with Crippen molar-refractivity contribution in [3.05, 3.63) is 24.3 Å². The highest BCUT2D eigenvalue weighted by molar-refractivity contribution is 5.94. The normalized spacial score (nSPS) is 15.2. The van der Waals surface area contributed by atoms with Gasteiger partial charge in [-0.05, 0) is 24.5 Å². The van der Waals surface area contributed by atoms with Gasteiger partial charge in [0, 0.05) is 6.54 Å². The summed E-state index contributed by atoms with van der Waals surface area (Å²) in [6.07, 6.45) is 0.890. The molecule has 1 heterocycles. The van der Waals surface area contributed by atoms with Gasteiger partial charge < -0.3 is 20.2 Å². The molecule has 0 radical (unpaired) electrons. The zero-order valence-electron chi connectivity index (χ0n) is 15.0. The van der Waals surface area contributed by atoms with Crippen molar-refractivity contribution in [2.75, 3.05) is 44.2 Å². The fourth-order valence-corrected chi connectivity index (χ4v) is 2.89. The van der Waals surface area contributed by atoms with Gasteiger partial charge in [0.2, 0.25) is 0 Å². The molecular formula is C18H29N4O3+. The molecular weight excluding hydrogens is 320 g/mol. The van der Waals surface area contributed by atoms with Gasteiger partial charge in [0.1, 0.15) is 5.75 Å². The van der Waals surface area contributed by atoms with Gasteiger partial charge in [-0.2, -0.15) is 0 Å². The molecule has 0 unspecified atom stereocenters. The van der Waals surface area contributed by atoms with Gasteiger partial charge in [0.25, 0.3) is 5.91 Å². The van der Waals surface area contributed by atoms with Gasteiger partial charge in [-0.25, -0.2) is 4.79 Å². The Kier molecular flexibility index (Phi) is 7.06. The van der Waals surface area contributed by atoms with E-state index in [9.17, 15) is 14.7 Å². The van der Waals surface area contributed by atoms with Crippen LogP contribution in [0.4, 0.5) is 10.5 Å². The maximum Gasteiger partial charge on any atom is 0.321 e. The van der Waals surface area contributed by atoms with E-state index in [0.717, 1.165) is 43.2 Å². The minimum absolute atomic E-state index is 0.256. The SMILES string of the molecule is CC(C)CCNC(=O)NC(=O)C[NH+]1CCN(c2ccccc2O)CC1. The largest absolute Gasteiger partial charge is 0.506 e. The first kappa shape index (κ1) is 19.1. The molecule has 0 aromatic heterocycles. The predicted octanol–water partition coefficient (Wildman–Crippen LogP) is -0.0310. The number of nitrogens with one attached hydrogen (secondary N) is 3. The fourth-order valence-electron chi connectivity index (χ4n) is 2.89. The molecule has 1 aromatic carbocycles. The second-order valence-corrected chi connectivity index (χ2v) is 6.89. The monoisotopic (exact) mass is 349 g/mol. The third kappa shape index (κ3) is 6.26. The fraction of sp³-hybridized carbons (Fsp3) is 0.556. The van der Waals surface area contributed by atoms with Gasteiger partial charge >= 0.3 is 6.03 Å². The summed E-state index contributed by atoms with van der Waals surface area (Å²) < 4.78 is 0. The lowest BCUT2D eigenvalue weighted by molar-refractivity contribution is -0.892. The number of benzene rings is 1. The smallest absolute Gasteiger partial charge is 0.321 e. The number of amides is 3. The van der Waals surface area contributed by atoms with Gasteiger partial charge in [-0.15, -0.1) is 0 Å². The molecule has 1 aromatic rings. The second kappa shape index (κ2) is 9.27. The van der Waals surface area contributed by atoms with Crippen LogP contribution in [-0.4, -0.2) is 56.3 Å². The predicted molar refractivity (Wildman–Crippen MR) is 96.9 cm³/mol. The highest BCUT2D eigenvalue weighted by atomic mass is 16.3. The van der Waals surface area contributed by atoms with Crippen LogP contribution in [0.2, 0.25) is 0 Å². The molecule has 138 valence electrons. The van der Waals surface area contributed by atoms with Gasteiger partial charge in [0.15, 0.2) is 6.54 Å². The van der Waals surface area contributed by atoms with Gasteiger partial charge in [0.05, 0.1) is 31.9 Å². The van der Waals surface area contributed by atoms with Crippen molar-refractivity contribution < 1.29 is 19.6 Å². The first-order valence-corrected chi connectivity index (χ1v) is 8.90. The Labute approximate surface area is 149 Å². The number of carbonyl (C=O) groups excluding carboxylic acids is 2. The number of rotatable bonds is 6. The summed E-state index contributed by atoms with van der Waals surface area (Å²) in [5.74, 6) is 0.538. The van der Waals surface area contributed by atoms with E-state index in [1.54, 1.807) is 12.1 Å². The molecule has 7 heteroatoms. The van der Waals surface area contributed by atoms with E-state index in [2.05, 4.69) is 29.4 Å². The van der Waals surface area contributed by atoms with Crippen molar-refractivity contribution in [1.82, 2.24) is 10.6 Å². The minimum atomic E-state index is -0.419. The van der Waals surface area contributed by atoms with E-state index in [-0.39, 0.29) is 18.2 Å². The number of aromatic hydroxyl groups is 1. The van der Waals surface area contributed by atoms with Crippen molar-refractivity contribution in [2.45, 2.75) is 20.3 Å². The number of nitrogens with zero attached hydrogens (tertiary/aromatic N) is 1. The molecule has 3 amide bonds. The average Bonchev–Trinajstić information content (AvgIpc) is 2.55. The molecule has 1 aliphatic rings. The van der Waals surface area contributed by atoms with E-state index in [1.165, 1.54) is 0 Å². The van der Waals surface area contributed by atoms with Crippen molar-refractivity contribution in [3.8, 4) is 5.75 Å². The Morgan fingerprint density at radius 3 is 2.56 bits per heavy atom. The number of para-hydroxylation sites is 2. The number of hydrogen-bond donors (Lipinski definition) is 4. The Balaban J connectivity index is 1.70. The van der Waals surface area contributed by atoms with Crippen LogP contribution in [0, 0.1) is 5.92 Å². The highest BCUT2D eigenvalue weighted by Crippen LogP contribution is 2.25. The molecule has 0 bridgehead atoms. The highest BCUT2D eigenvalue weighted by Gasteiger charge is 2.24. The lowest BCUT2D eigenvalue weighted by Gasteiger charge is -2.33. The summed E-state index contributed by atoms with van der Waals surface area (Å²) in [7, 11) is 0. The van der Waals surface area contributed by atoms with Crippen molar-refractivity contribution in [1.29, 1.82) is 0 Å². The zero-order valence-corrected chi connectivity index (χ0v) is 15.0. The first-order valence-electron chi connectivity index (χ1n) is 8.90. The lowest BCUT2D eigenvalue weighted by atomic mass is 10.1. The van der Waals surface area contributed by atoms with Crippen LogP contribution < -0.4 is 20.4 Å². The number of phenols is 1. The number of anilines is 1. The van der Waals surface area contributed by atoms with Crippen LogP contribution >= 0.6 is 0 Å². The quantitative estimate of drug-likeness (QED) is 0.581. The molecule has 7 nitrogen and oxygen atoms in total. The first-order chi connectivity index (χ1) is 12.0. The third-order valence-electron chi connectivity index (χ3n) is 4.36. The topological polar surface area (TPSA) is 86.1 Å². The molecule has 0 aliphatic carbocycles. The van der Waals surface area contributed by atoms with Crippen LogP contribution in [0.3, 0.4) is 0 Å². The molecule has 0 spiro atoms. The molecule has 1 saturated heterocycles. The van der Waals surface area contributed by atoms with Gasteiger partial charge in [-0.3, -0.25) is 10.1 Å². The number of urea groups is 1. The van der Waals surface area contributed by atoms with E-state index in [1.807, 2.05) is 12.1 Å². The summed E-state index contributed by atoms with van der Waals surface area (Å²) in [4.78, 5) is 26.9. The maximum atomic E-state index is 12.0. The molecule has 25 heavy (non-hydrogen) atoms. The third-order valence-corrected chi connectivity index (χ3v) is 4.36. The minimum Gasteiger partial charge on any atom is -0.506 e. The van der Waals surface area contributed by atoms with Crippen LogP contribution in [0.15, 0.2) is 24.3 Å². The average molecular weight is 349 g/mol. The Morgan fingerprint density at radius 1 is 1.24 bits per heavy atom. The summed E-state index contributed by atoms with van der Waals surface area (Å²) in [6, 6.07) is 6.86. The van der Waals surface area contributed by atoms with Crippen molar-refractivity contribution in [3.63, 3.8) is 0 Å². The Bertz CT molecular complexity index is 583. The molecule has 1 aliphatic heterocycles. The van der Waals surface area contributed by atoms with Crippen LogP contribution in [0.25, 0.3) is 0 Å². The number of quaternary nitrogens is 1. The number of phenolic OH excluding ortho intramolecular Hbond substituents is 1. The molecule has 0 atom stereocenters. The summed E-state index contributed by atoms with van der Waals surface area (Å²) in [6.45, 7) is 8.13. The number of carbonyl (C=O) groups is 2. The van der Waals surface area contributed by atoms with E-state index in [4.69, 9.17) is 0 Å². The van der Waals surface area contributed by atoms with Crippen molar-refractivity contribution in [2.24, 2.45) is 5.92 Å². The second-order valence-electron chi connectivity index (χ2n) is 6.89. The van der Waals surface area contributed by atoms with Gasteiger partial charge in [-0.1, -0.05) is 26.0 Å². The van der Waals surface area contributed by atoms with Crippen LogP contribution in [0.1, 0.15) is 20.3 Å².